The standard InChI is InChI=1S/C52H101O12P/c1-3-5-7-9-11-13-15-17-19-20-21-22-23-24-25-26-27-29-31-33-35-37-39-41-46(53)63-45(44-62-65(59,60)64-52-50(57)48(55)47(54)49(56)51(52)58)43-61-42-40-38-36-34-32-30-28-18-16-14-12-10-8-6-4-2/h20-21,45,47-52,54-58H,3-19,22-44H2,1-2H3,(H,59,60)/b21-20-. The Kier molecular flexibility index (Phi) is 41.2. The van der Waals surface area contributed by atoms with Gasteiger partial charge < -0.3 is 39.9 Å². The molecule has 0 aromatic heterocycles. The lowest BCUT2D eigenvalue weighted by atomic mass is 9.85. The Morgan fingerprint density at radius 1 is 0.477 bits per heavy atom. The number of aliphatic hydroxyl groups is 5. The van der Waals surface area contributed by atoms with E-state index in [-0.39, 0.29) is 13.0 Å². The monoisotopic (exact) mass is 949 g/mol. The highest BCUT2D eigenvalue weighted by Crippen LogP contribution is 2.47. The summed E-state index contributed by atoms with van der Waals surface area (Å²) < 4.78 is 34.3. The van der Waals surface area contributed by atoms with Crippen molar-refractivity contribution in [3.05, 3.63) is 12.2 Å². The maximum Gasteiger partial charge on any atom is 0.472 e. The highest BCUT2D eigenvalue weighted by molar-refractivity contribution is 7.47. The molecule has 0 amide bonds. The van der Waals surface area contributed by atoms with Crippen LogP contribution in [-0.2, 0) is 27.9 Å². The van der Waals surface area contributed by atoms with E-state index in [0.29, 0.717) is 13.0 Å². The minimum Gasteiger partial charge on any atom is -0.457 e. The van der Waals surface area contributed by atoms with Crippen LogP contribution in [0.4, 0.5) is 0 Å². The molecular formula is C52H101O12P. The van der Waals surface area contributed by atoms with Crippen LogP contribution in [0.1, 0.15) is 251 Å². The molecule has 0 aromatic rings. The molecule has 1 fully saturated rings. The number of phosphoric acid groups is 1. The van der Waals surface area contributed by atoms with Crippen molar-refractivity contribution < 1.29 is 58.3 Å². The molecule has 386 valence electrons. The number of unbranched alkanes of at least 4 members (excludes halogenated alkanes) is 33. The van der Waals surface area contributed by atoms with Gasteiger partial charge in [0.1, 0.15) is 42.7 Å². The summed E-state index contributed by atoms with van der Waals surface area (Å²) >= 11 is 0. The second kappa shape index (κ2) is 43.1. The first-order valence-electron chi connectivity index (χ1n) is 27.0. The van der Waals surface area contributed by atoms with Crippen LogP contribution < -0.4 is 0 Å². The predicted octanol–water partition coefficient (Wildman–Crippen LogP) is 12.3. The fraction of sp³-hybridized carbons (Fsp3) is 0.942. The van der Waals surface area contributed by atoms with Gasteiger partial charge in [-0.15, -0.1) is 0 Å². The lowest BCUT2D eigenvalue weighted by Gasteiger charge is -2.41. The highest BCUT2D eigenvalue weighted by atomic mass is 31.2. The molecule has 13 heteroatoms. The van der Waals surface area contributed by atoms with Crippen molar-refractivity contribution in [2.45, 2.75) is 294 Å². The van der Waals surface area contributed by atoms with E-state index in [1.54, 1.807) is 0 Å². The molecule has 6 atom stereocenters. The van der Waals surface area contributed by atoms with E-state index >= 15 is 0 Å². The number of rotatable bonds is 47. The summed E-state index contributed by atoms with van der Waals surface area (Å²) in [6.07, 6.45) is 37.1. The Morgan fingerprint density at radius 2 is 0.815 bits per heavy atom. The van der Waals surface area contributed by atoms with E-state index in [0.717, 1.165) is 38.5 Å². The van der Waals surface area contributed by atoms with Crippen molar-refractivity contribution in [1.29, 1.82) is 0 Å². The number of aliphatic hydroxyl groups excluding tert-OH is 5. The van der Waals surface area contributed by atoms with E-state index in [1.807, 2.05) is 0 Å². The zero-order valence-electron chi connectivity index (χ0n) is 41.6. The number of allylic oxidation sites excluding steroid dienone is 2. The third-order valence-corrected chi connectivity index (χ3v) is 13.9. The first-order valence-corrected chi connectivity index (χ1v) is 28.5. The molecule has 1 aliphatic rings. The summed E-state index contributed by atoms with van der Waals surface area (Å²) in [5, 5.41) is 50.3. The summed E-state index contributed by atoms with van der Waals surface area (Å²) in [5.74, 6) is -0.472. The molecule has 6 N–H and O–H groups in total. The van der Waals surface area contributed by atoms with Crippen LogP contribution in [0, 0.1) is 0 Å². The fourth-order valence-electron chi connectivity index (χ4n) is 8.59. The van der Waals surface area contributed by atoms with Gasteiger partial charge in [-0.2, -0.15) is 0 Å². The second-order valence-electron chi connectivity index (χ2n) is 19.1. The highest BCUT2D eigenvalue weighted by Gasteiger charge is 2.51. The molecule has 0 heterocycles. The van der Waals surface area contributed by atoms with Gasteiger partial charge >= 0.3 is 13.8 Å². The molecule has 1 saturated carbocycles. The zero-order valence-corrected chi connectivity index (χ0v) is 42.5. The Labute approximate surface area is 397 Å². The number of phosphoric ester groups is 1. The SMILES string of the molecule is CCCCCCCCCC/C=C\CCCCCCCCCCCCCC(=O)OC(COCCCCCCCCCCCCCCCCC)COP(=O)(O)OC1C(O)C(O)C(O)C(O)C1O. The van der Waals surface area contributed by atoms with E-state index < -0.39 is 63.1 Å². The van der Waals surface area contributed by atoms with E-state index in [4.69, 9.17) is 18.5 Å². The smallest absolute Gasteiger partial charge is 0.457 e. The van der Waals surface area contributed by atoms with Gasteiger partial charge in [0.05, 0.1) is 13.2 Å². The second-order valence-corrected chi connectivity index (χ2v) is 20.5. The fourth-order valence-corrected chi connectivity index (χ4v) is 9.56. The maximum absolute atomic E-state index is 12.9. The number of esters is 1. The van der Waals surface area contributed by atoms with Crippen molar-refractivity contribution in [2.24, 2.45) is 0 Å². The number of hydrogen-bond acceptors (Lipinski definition) is 11. The van der Waals surface area contributed by atoms with Gasteiger partial charge in [0.2, 0.25) is 0 Å². The Hall–Kier alpha value is -0.920. The summed E-state index contributed by atoms with van der Waals surface area (Å²) in [6.45, 7) is 4.31. The third-order valence-electron chi connectivity index (χ3n) is 12.9. The number of carbonyl (C=O) groups excluding carboxylic acids is 1. The summed E-state index contributed by atoms with van der Waals surface area (Å²) in [6, 6.07) is 0. The van der Waals surface area contributed by atoms with Gasteiger partial charge in [0.25, 0.3) is 0 Å². The molecule has 0 bridgehead atoms. The predicted molar refractivity (Wildman–Crippen MR) is 263 cm³/mol. The van der Waals surface area contributed by atoms with Crippen molar-refractivity contribution in [3.8, 4) is 0 Å². The van der Waals surface area contributed by atoms with Gasteiger partial charge in [0, 0.05) is 13.0 Å². The molecule has 65 heavy (non-hydrogen) atoms. The van der Waals surface area contributed by atoms with Crippen LogP contribution in [0.3, 0.4) is 0 Å². The quantitative estimate of drug-likeness (QED) is 0.0147. The molecule has 0 saturated heterocycles. The number of ether oxygens (including phenoxy) is 2. The van der Waals surface area contributed by atoms with Crippen LogP contribution >= 0.6 is 7.82 Å². The lowest BCUT2D eigenvalue weighted by Crippen LogP contribution is -2.64. The molecule has 0 spiro atoms. The molecule has 6 unspecified atom stereocenters. The summed E-state index contributed by atoms with van der Waals surface area (Å²) in [7, 11) is -5.02. The average Bonchev–Trinajstić information content (AvgIpc) is 3.29. The molecule has 0 aliphatic heterocycles. The number of hydrogen-bond donors (Lipinski definition) is 6. The van der Waals surface area contributed by atoms with E-state index in [9.17, 15) is 39.8 Å². The van der Waals surface area contributed by atoms with Crippen LogP contribution in [-0.4, -0.2) is 98.9 Å². The third kappa shape index (κ3) is 34.9. The number of carbonyl (C=O) groups is 1. The van der Waals surface area contributed by atoms with Crippen molar-refractivity contribution in [1.82, 2.24) is 0 Å². The van der Waals surface area contributed by atoms with Crippen LogP contribution in [0.2, 0.25) is 0 Å². The van der Waals surface area contributed by atoms with Crippen LogP contribution in [0.15, 0.2) is 12.2 Å². The molecule has 1 aliphatic carbocycles. The van der Waals surface area contributed by atoms with Crippen LogP contribution in [0.25, 0.3) is 0 Å². The molecule has 1 rings (SSSR count). The minimum atomic E-state index is -5.02. The van der Waals surface area contributed by atoms with Crippen molar-refractivity contribution in [2.75, 3.05) is 19.8 Å². The van der Waals surface area contributed by atoms with Gasteiger partial charge in [-0.3, -0.25) is 13.8 Å². The van der Waals surface area contributed by atoms with Gasteiger partial charge in [-0.1, -0.05) is 219 Å². The first kappa shape index (κ1) is 62.1. The van der Waals surface area contributed by atoms with Crippen molar-refractivity contribution >= 4 is 13.8 Å². The molecule has 0 aromatic carbocycles. The largest absolute Gasteiger partial charge is 0.472 e. The Bertz CT molecular complexity index is 1130. The Morgan fingerprint density at radius 3 is 1.22 bits per heavy atom. The van der Waals surface area contributed by atoms with Gasteiger partial charge in [-0.25, -0.2) is 4.57 Å². The summed E-state index contributed by atoms with van der Waals surface area (Å²) in [4.78, 5) is 23.3. The van der Waals surface area contributed by atoms with Gasteiger partial charge in [-0.05, 0) is 38.5 Å². The molecule has 0 radical (unpaired) electrons. The lowest BCUT2D eigenvalue weighted by molar-refractivity contribution is -0.220. The first-order chi connectivity index (χ1) is 31.5. The van der Waals surface area contributed by atoms with Crippen LogP contribution in [0.5, 0.6) is 0 Å². The molecule has 12 nitrogen and oxygen atoms in total. The summed E-state index contributed by atoms with van der Waals surface area (Å²) in [5.41, 5.74) is 0. The van der Waals surface area contributed by atoms with E-state index in [2.05, 4.69) is 26.0 Å². The maximum atomic E-state index is 12.9. The zero-order chi connectivity index (χ0) is 47.6. The van der Waals surface area contributed by atoms with E-state index in [1.165, 1.54) is 186 Å². The molecular weight excluding hydrogens is 848 g/mol. The average molecular weight is 949 g/mol. The van der Waals surface area contributed by atoms with Crippen molar-refractivity contribution in [3.63, 3.8) is 0 Å². The topological polar surface area (TPSA) is 192 Å². The Balaban J connectivity index is 2.29. The normalized spacial score (nSPS) is 21.5. The van der Waals surface area contributed by atoms with Gasteiger partial charge in [0.15, 0.2) is 0 Å². The minimum absolute atomic E-state index is 0.0703.